The zero-order chi connectivity index (χ0) is 13.4. The number of halogens is 1. The molecule has 18 heavy (non-hydrogen) atoms. The third-order valence-electron chi connectivity index (χ3n) is 3.41. The molecule has 1 aromatic rings. The number of hydrogen-bond donors (Lipinski definition) is 0. The molecule has 1 saturated heterocycles. The first kappa shape index (κ1) is 13.8. The fourth-order valence-corrected chi connectivity index (χ4v) is 3.49. The second-order valence-corrected chi connectivity index (χ2v) is 7.71. The van der Waals surface area contributed by atoms with E-state index in [1.54, 1.807) is 0 Å². The van der Waals surface area contributed by atoms with Crippen LogP contribution >= 0.6 is 11.6 Å². The minimum Gasteiger partial charge on any atom is -0.243 e. The summed E-state index contributed by atoms with van der Waals surface area (Å²) in [5.41, 5.74) is 0.226. The van der Waals surface area contributed by atoms with Gasteiger partial charge in [-0.2, -0.15) is 4.31 Å². The lowest BCUT2D eigenvalue weighted by Crippen LogP contribution is -2.41. The second-order valence-electron chi connectivity index (χ2n) is 5.38. The van der Waals surface area contributed by atoms with Gasteiger partial charge in [0.15, 0.2) is 0 Å². The van der Waals surface area contributed by atoms with Gasteiger partial charge in [0.25, 0.3) is 0 Å². The van der Waals surface area contributed by atoms with Crippen molar-refractivity contribution in [1.82, 2.24) is 9.29 Å². The van der Waals surface area contributed by atoms with Gasteiger partial charge in [-0.25, -0.2) is 13.4 Å². The van der Waals surface area contributed by atoms with Crippen molar-refractivity contribution in [3.63, 3.8) is 0 Å². The van der Waals surface area contributed by atoms with E-state index in [2.05, 4.69) is 18.8 Å². The van der Waals surface area contributed by atoms with Crippen molar-refractivity contribution >= 4 is 21.6 Å². The van der Waals surface area contributed by atoms with E-state index in [0.717, 1.165) is 12.8 Å². The summed E-state index contributed by atoms with van der Waals surface area (Å²) in [6.07, 6.45) is 3.08. The first-order chi connectivity index (χ1) is 8.31. The Bertz CT molecular complexity index is 516. The van der Waals surface area contributed by atoms with Crippen LogP contribution in [0.3, 0.4) is 0 Å². The van der Waals surface area contributed by atoms with Crippen molar-refractivity contribution in [2.45, 2.75) is 31.6 Å². The molecule has 1 fully saturated rings. The molecule has 0 spiro atoms. The molecular formula is C12H17ClN2O2S. The average Bonchev–Trinajstić information content (AvgIpc) is 2.29. The normalized spacial score (nSPS) is 20.8. The summed E-state index contributed by atoms with van der Waals surface area (Å²) in [5, 5.41) is 0.300. The molecule has 1 aliphatic heterocycles. The van der Waals surface area contributed by atoms with E-state index in [0.29, 0.717) is 18.2 Å². The zero-order valence-electron chi connectivity index (χ0n) is 10.6. The maximum Gasteiger partial charge on any atom is 0.244 e. The van der Waals surface area contributed by atoms with Crippen molar-refractivity contribution in [1.29, 1.82) is 0 Å². The van der Waals surface area contributed by atoms with Gasteiger partial charge < -0.3 is 0 Å². The fraction of sp³-hybridized carbons (Fsp3) is 0.583. The number of hydrogen-bond acceptors (Lipinski definition) is 3. The lowest BCUT2D eigenvalue weighted by atomic mass is 9.83. The molecular weight excluding hydrogens is 272 g/mol. The molecule has 0 atom stereocenters. The average molecular weight is 289 g/mol. The summed E-state index contributed by atoms with van der Waals surface area (Å²) in [6.45, 7) is 5.47. The monoisotopic (exact) mass is 288 g/mol. The molecule has 6 heteroatoms. The Kier molecular flexibility index (Phi) is 3.67. The molecule has 0 bridgehead atoms. The summed E-state index contributed by atoms with van der Waals surface area (Å²) in [4.78, 5) is 4.04. The summed E-state index contributed by atoms with van der Waals surface area (Å²) < 4.78 is 26.2. The molecule has 4 nitrogen and oxygen atoms in total. The van der Waals surface area contributed by atoms with Crippen molar-refractivity contribution in [2.24, 2.45) is 5.41 Å². The summed E-state index contributed by atoms with van der Waals surface area (Å²) >= 11 is 5.67. The molecule has 1 aliphatic rings. The van der Waals surface area contributed by atoms with Gasteiger partial charge in [-0.1, -0.05) is 25.4 Å². The van der Waals surface area contributed by atoms with Crippen LogP contribution in [-0.4, -0.2) is 30.8 Å². The van der Waals surface area contributed by atoms with E-state index in [4.69, 9.17) is 11.6 Å². The van der Waals surface area contributed by atoms with Crippen LogP contribution in [0.15, 0.2) is 23.2 Å². The molecule has 0 radical (unpaired) electrons. The van der Waals surface area contributed by atoms with Crippen LogP contribution < -0.4 is 0 Å². The van der Waals surface area contributed by atoms with E-state index in [1.165, 1.54) is 22.6 Å². The van der Waals surface area contributed by atoms with Crippen LogP contribution in [0.25, 0.3) is 0 Å². The summed E-state index contributed by atoms with van der Waals surface area (Å²) in [5.74, 6) is 0. The highest BCUT2D eigenvalue weighted by molar-refractivity contribution is 7.89. The highest BCUT2D eigenvalue weighted by Crippen LogP contribution is 2.32. The van der Waals surface area contributed by atoms with E-state index < -0.39 is 10.0 Å². The predicted molar refractivity (Wildman–Crippen MR) is 71.0 cm³/mol. The molecule has 0 aliphatic carbocycles. The van der Waals surface area contributed by atoms with Crippen LogP contribution in [0.1, 0.15) is 26.7 Å². The van der Waals surface area contributed by atoms with Gasteiger partial charge in [0, 0.05) is 19.3 Å². The number of pyridine rings is 1. The van der Waals surface area contributed by atoms with Gasteiger partial charge in [-0.3, -0.25) is 0 Å². The molecule has 2 rings (SSSR count). The Balaban J connectivity index is 2.20. The largest absolute Gasteiger partial charge is 0.244 e. The topological polar surface area (TPSA) is 50.3 Å². The number of sulfonamides is 1. The number of aromatic nitrogens is 1. The SMILES string of the molecule is CC1(C)CCN(S(=O)(=O)c2ccc(Cl)nc2)CC1. The molecule has 0 unspecified atom stereocenters. The number of nitrogens with zero attached hydrogens (tertiary/aromatic N) is 2. The third kappa shape index (κ3) is 2.84. The standard InChI is InChI=1S/C12H17ClN2O2S/c1-12(2)5-7-15(8-6-12)18(16,17)10-3-4-11(13)14-9-10/h3-4,9H,5-8H2,1-2H3. The van der Waals surface area contributed by atoms with Crippen molar-refractivity contribution in [3.05, 3.63) is 23.5 Å². The van der Waals surface area contributed by atoms with Crippen molar-refractivity contribution in [2.75, 3.05) is 13.1 Å². The van der Waals surface area contributed by atoms with Gasteiger partial charge in [-0.05, 0) is 30.4 Å². The van der Waals surface area contributed by atoms with Crippen LogP contribution in [0.4, 0.5) is 0 Å². The lowest BCUT2D eigenvalue weighted by Gasteiger charge is -2.36. The van der Waals surface area contributed by atoms with Crippen LogP contribution in [0.5, 0.6) is 0 Å². The molecule has 100 valence electrons. The van der Waals surface area contributed by atoms with E-state index in [1.807, 2.05) is 0 Å². The van der Waals surface area contributed by atoms with Gasteiger partial charge >= 0.3 is 0 Å². The van der Waals surface area contributed by atoms with Crippen LogP contribution in [0.2, 0.25) is 5.15 Å². The molecule has 2 heterocycles. The van der Waals surface area contributed by atoms with Gasteiger partial charge in [0.1, 0.15) is 10.0 Å². The Morgan fingerprint density at radius 3 is 2.39 bits per heavy atom. The zero-order valence-corrected chi connectivity index (χ0v) is 12.1. The quantitative estimate of drug-likeness (QED) is 0.786. The van der Waals surface area contributed by atoms with Gasteiger partial charge in [0.2, 0.25) is 10.0 Å². The lowest BCUT2D eigenvalue weighted by molar-refractivity contribution is 0.196. The highest BCUT2D eigenvalue weighted by atomic mass is 35.5. The van der Waals surface area contributed by atoms with Crippen LogP contribution in [-0.2, 0) is 10.0 Å². The Hall–Kier alpha value is -0.650. The van der Waals surface area contributed by atoms with E-state index >= 15 is 0 Å². The molecule has 0 aromatic carbocycles. The van der Waals surface area contributed by atoms with Crippen molar-refractivity contribution in [3.8, 4) is 0 Å². The minimum absolute atomic E-state index is 0.214. The first-order valence-corrected chi connectivity index (χ1v) is 7.75. The van der Waals surface area contributed by atoms with Gasteiger partial charge in [0.05, 0.1) is 0 Å². The van der Waals surface area contributed by atoms with Gasteiger partial charge in [-0.15, -0.1) is 0 Å². The Labute approximate surface area is 113 Å². The number of rotatable bonds is 2. The predicted octanol–water partition coefficient (Wildman–Crippen LogP) is 2.55. The molecule has 1 aromatic heterocycles. The molecule has 0 amide bonds. The second kappa shape index (κ2) is 4.79. The highest BCUT2D eigenvalue weighted by Gasteiger charge is 2.32. The Morgan fingerprint density at radius 2 is 1.89 bits per heavy atom. The first-order valence-electron chi connectivity index (χ1n) is 5.93. The maximum absolute atomic E-state index is 12.4. The summed E-state index contributed by atoms with van der Waals surface area (Å²) in [6, 6.07) is 3.01. The maximum atomic E-state index is 12.4. The summed E-state index contributed by atoms with van der Waals surface area (Å²) in [7, 11) is -3.42. The van der Waals surface area contributed by atoms with E-state index in [9.17, 15) is 8.42 Å². The number of piperidine rings is 1. The smallest absolute Gasteiger partial charge is 0.243 e. The van der Waals surface area contributed by atoms with E-state index in [-0.39, 0.29) is 10.3 Å². The molecule has 0 N–H and O–H groups in total. The molecule has 0 saturated carbocycles. The van der Waals surface area contributed by atoms with Crippen molar-refractivity contribution < 1.29 is 8.42 Å². The fourth-order valence-electron chi connectivity index (χ4n) is 2.00. The minimum atomic E-state index is -3.42. The van der Waals surface area contributed by atoms with Crippen LogP contribution in [0, 0.1) is 5.41 Å². The Morgan fingerprint density at radius 1 is 1.28 bits per heavy atom. The third-order valence-corrected chi connectivity index (χ3v) is 5.52.